The molecule has 1 aromatic heterocycles. The fraction of sp³-hybridized carbons (Fsp3) is 0.154. The Labute approximate surface area is 118 Å². The van der Waals surface area contributed by atoms with E-state index in [0.29, 0.717) is 17.8 Å². The molecule has 0 amide bonds. The lowest BCUT2D eigenvalue weighted by molar-refractivity contribution is -0.254. The van der Waals surface area contributed by atoms with Gasteiger partial charge in [0, 0.05) is 21.8 Å². The second-order valence-electron chi connectivity index (χ2n) is 3.86. The van der Waals surface area contributed by atoms with Crippen LogP contribution in [0.1, 0.15) is 16.8 Å². The number of aromatic nitrogens is 2. The van der Waals surface area contributed by atoms with E-state index in [1.165, 1.54) is 10.9 Å². The van der Waals surface area contributed by atoms with Crippen LogP contribution < -0.4 is 5.11 Å². The molecule has 0 fully saturated rings. The lowest BCUT2D eigenvalue weighted by Crippen LogP contribution is -2.22. The molecule has 96 valence electrons. The Morgan fingerprint density at radius 2 is 2.11 bits per heavy atom. The zero-order valence-electron chi connectivity index (χ0n) is 9.84. The monoisotopic (exact) mass is 318 g/mol. The van der Waals surface area contributed by atoms with Crippen molar-refractivity contribution in [1.82, 2.24) is 9.78 Å². The number of halogens is 1. The third-order valence-electron chi connectivity index (χ3n) is 2.55. The minimum Gasteiger partial charge on any atom is -0.545 e. The molecule has 0 saturated carbocycles. The standard InChI is InChI=1S/C13H10BrN3O2/c14-10-4-2-9(3-5-10)12-11(13(18)19)8-17(16-12)7-1-6-15/h2-5,8H,1,7H2,(H,18,19)/p-1. The Balaban J connectivity index is 2.43. The van der Waals surface area contributed by atoms with Gasteiger partial charge in [-0.25, -0.2) is 0 Å². The average Bonchev–Trinajstić information content (AvgIpc) is 2.81. The topological polar surface area (TPSA) is 81.7 Å². The summed E-state index contributed by atoms with van der Waals surface area (Å²) in [4.78, 5) is 11.1. The Hall–Kier alpha value is -2.13. The number of benzene rings is 1. The van der Waals surface area contributed by atoms with Crippen molar-refractivity contribution in [2.75, 3.05) is 0 Å². The van der Waals surface area contributed by atoms with Crippen LogP contribution in [0.5, 0.6) is 0 Å². The molecule has 0 saturated heterocycles. The maximum Gasteiger partial charge on any atom is 0.101 e. The quantitative estimate of drug-likeness (QED) is 0.857. The van der Waals surface area contributed by atoms with E-state index in [2.05, 4.69) is 21.0 Å². The first-order chi connectivity index (χ1) is 9.11. The number of carbonyl (C=O) groups is 1. The van der Waals surface area contributed by atoms with E-state index in [0.717, 1.165) is 4.47 Å². The van der Waals surface area contributed by atoms with Crippen molar-refractivity contribution < 1.29 is 9.90 Å². The van der Waals surface area contributed by atoms with Crippen molar-refractivity contribution in [2.24, 2.45) is 0 Å². The highest BCUT2D eigenvalue weighted by atomic mass is 79.9. The van der Waals surface area contributed by atoms with Crippen LogP contribution in [0.25, 0.3) is 11.3 Å². The number of nitriles is 1. The van der Waals surface area contributed by atoms with Gasteiger partial charge in [0.05, 0.1) is 25.0 Å². The van der Waals surface area contributed by atoms with Gasteiger partial charge < -0.3 is 9.90 Å². The Kier molecular flexibility index (Phi) is 3.97. The molecule has 6 heteroatoms. The third kappa shape index (κ3) is 3.01. The van der Waals surface area contributed by atoms with Gasteiger partial charge in [-0.3, -0.25) is 4.68 Å². The molecule has 1 heterocycles. The fourth-order valence-electron chi connectivity index (χ4n) is 1.67. The van der Waals surface area contributed by atoms with Gasteiger partial charge in [0.15, 0.2) is 0 Å². The second-order valence-corrected chi connectivity index (χ2v) is 4.77. The van der Waals surface area contributed by atoms with Crippen LogP contribution in [0.15, 0.2) is 34.9 Å². The molecular weight excluding hydrogens is 310 g/mol. The minimum absolute atomic E-state index is 0.0280. The average molecular weight is 319 g/mol. The molecule has 19 heavy (non-hydrogen) atoms. The lowest BCUT2D eigenvalue weighted by atomic mass is 10.1. The maximum atomic E-state index is 11.1. The maximum absolute atomic E-state index is 11.1. The highest BCUT2D eigenvalue weighted by Gasteiger charge is 2.12. The summed E-state index contributed by atoms with van der Waals surface area (Å²) in [6.45, 7) is 0.354. The molecule has 0 unspecified atom stereocenters. The van der Waals surface area contributed by atoms with Gasteiger partial charge in [-0.05, 0) is 12.1 Å². The summed E-state index contributed by atoms with van der Waals surface area (Å²) >= 11 is 3.31. The van der Waals surface area contributed by atoms with E-state index >= 15 is 0 Å². The van der Waals surface area contributed by atoms with Gasteiger partial charge in [0.25, 0.3) is 0 Å². The van der Waals surface area contributed by atoms with Crippen molar-refractivity contribution in [3.8, 4) is 17.3 Å². The molecule has 0 aliphatic carbocycles. The summed E-state index contributed by atoms with van der Waals surface area (Å²) in [7, 11) is 0. The summed E-state index contributed by atoms with van der Waals surface area (Å²) < 4.78 is 2.35. The first-order valence-corrected chi connectivity index (χ1v) is 6.33. The number of rotatable bonds is 4. The third-order valence-corrected chi connectivity index (χ3v) is 3.08. The van der Waals surface area contributed by atoms with Crippen LogP contribution in [-0.2, 0) is 6.54 Å². The molecule has 0 atom stereocenters. The predicted molar refractivity (Wildman–Crippen MR) is 69.9 cm³/mol. The summed E-state index contributed by atoms with van der Waals surface area (Å²) in [6, 6.07) is 9.15. The summed E-state index contributed by atoms with van der Waals surface area (Å²) in [6.07, 6.45) is 1.66. The molecule has 2 rings (SSSR count). The molecule has 2 aromatic rings. The van der Waals surface area contributed by atoms with Crippen LogP contribution in [0.4, 0.5) is 0 Å². The van der Waals surface area contributed by atoms with E-state index in [-0.39, 0.29) is 12.0 Å². The second kappa shape index (κ2) is 5.67. The summed E-state index contributed by atoms with van der Waals surface area (Å²) in [5.41, 5.74) is 1.07. The Bertz CT molecular complexity index is 641. The summed E-state index contributed by atoms with van der Waals surface area (Å²) in [5, 5.41) is 23.8. The molecular formula is C13H9BrN3O2-. The summed E-state index contributed by atoms with van der Waals surface area (Å²) in [5.74, 6) is -1.28. The largest absolute Gasteiger partial charge is 0.545 e. The van der Waals surface area contributed by atoms with Crippen molar-refractivity contribution >= 4 is 21.9 Å². The van der Waals surface area contributed by atoms with Crippen LogP contribution in [0.3, 0.4) is 0 Å². The minimum atomic E-state index is -1.28. The smallest absolute Gasteiger partial charge is 0.101 e. The number of carboxylic acids is 1. The molecule has 0 aliphatic rings. The van der Waals surface area contributed by atoms with Gasteiger partial charge >= 0.3 is 0 Å². The van der Waals surface area contributed by atoms with Crippen molar-refractivity contribution in [3.63, 3.8) is 0 Å². The number of hydrogen-bond donors (Lipinski definition) is 0. The predicted octanol–water partition coefficient (Wildman–Crippen LogP) is 1.59. The number of hydrogen-bond acceptors (Lipinski definition) is 4. The van der Waals surface area contributed by atoms with E-state index in [1.54, 1.807) is 12.1 Å². The Morgan fingerprint density at radius 3 is 2.68 bits per heavy atom. The van der Waals surface area contributed by atoms with Crippen molar-refractivity contribution in [2.45, 2.75) is 13.0 Å². The molecule has 0 bridgehead atoms. The highest BCUT2D eigenvalue weighted by Crippen LogP contribution is 2.23. The zero-order valence-corrected chi connectivity index (χ0v) is 11.4. The highest BCUT2D eigenvalue weighted by molar-refractivity contribution is 9.10. The molecule has 0 spiro atoms. The number of nitrogens with zero attached hydrogens (tertiary/aromatic N) is 3. The number of aromatic carboxylic acids is 1. The number of aryl methyl sites for hydroxylation is 1. The fourth-order valence-corrected chi connectivity index (χ4v) is 1.94. The van der Waals surface area contributed by atoms with Crippen LogP contribution >= 0.6 is 15.9 Å². The van der Waals surface area contributed by atoms with E-state index < -0.39 is 5.97 Å². The van der Waals surface area contributed by atoms with Gasteiger partial charge in [0.1, 0.15) is 5.69 Å². The lowest BCUT2D eigenvalue weighted by Gasteiger charge is -2.02. The molecule has 0 aliphatic heterocycles. The van der Waals surface area contributed by atoms with Crippen LogP contribution in [0.2, 0.25) is 0 Å². The van der Waals surface area contributed by atoms with Gasteiger partial charge in [-0.15, -0.1) is 0 Å². The zero-order chi connectivity index (χ0) is 13.8. The van der Waals surface area contributed by atoms with E-state index in [4.69, 9.17) is 5.26 Å². The first-order valence-electron chi connectivity index (χ1n) is 5.53. The van der Waals surface area contributed by atoms with Crippen LogP contribution in [0, 0.1) is 11.3 Å². The van der Waals surface area contributed by atoms with E-state index in [9.17, 15) is 9.90 Å². The molecule has 1 aromatic carbocycles. The molecule has 5 nitrogen and oxygen atoms in total. The van der Waals surface area contributed by atoms with E-state index in [1.807, 2.05) is 18.2 Å². The van der Waals surface area contributed by atoms with Crippen LogP contribution in [-0.4, -0.2) is 15.7 Å². The molecule has 0 radical (unpaired) electrons. The molecule has 0 N–H and O–H groups in total. The Morgan fingerprint density at radius 1 is 1.42 bits per heavy atom. The first kappa shape index (κ1) is 13.3. The van der Waals surface area contributed by atoms with Gasteiger partial charge in [0.2, 0.25) is 0 Å². The van der Waals surface area contributed by atoms with Crippen molar-refractivity contribution in [1.29, 1.82) is 5.26 Å². The normalized spacial score (nSPS) is 10.1. The number of carbonyl (C=O) groups excluding carboxylic acids is 1. The van der Waals surface area contributed by atoms with Crippen molar-refractivity contribution in [3.05, 3.63) is 40.5 Å². The number of carboxylic acid groups (broad SMARTS) is 1. The van der Waals surface area contributed by atoms with Gasteiger partial charge in [-0.2, -0.15) is 10.4 Å². The SMILES string of the molecule is N#CCCn1cc(C(=O)[O-])c(-c2ccc(Br)cc2)n1. The van der Waals surface area contributed by atoms with Gasteiger partial charge in [-0.1, -0.05) is 28.1 Å².